The fraction of sp³-hybridized carbons (Fsp3) is 0.917. The average molecular weight is 249 g/mol. The van der Waals surface area contributed by atoms with Crippen LogP contribution in [-0.2, 0) is 4.79 Å². The summed E-state index contributed by atoms with van der Waals surface area (Å²) in [6.07, 6.45) is 5.11. The van der Waals surface area contributed by atoms with E-state index in [1.165, 1.54) is 25.7 Å². The van der Waals surface area contributed by atoms with Gasteiger partial charge in [0.25, 0.3) is 0 Å². The van der Waals surface area contributed by atoms with Gasteiger partial charge in [-0.1, -0.05) is 26.7 Å². The summed E-state index contributed by atoms with van der Waals surface area (Å²) in [7, 11) is 0. The Kier molecular flexibility index (Phi) is 7.00. The summed E-state index contributed by atoms with van der Waals surface area (Å²) in [5.41, 5.74) is 5.79. The molecular formula is C12H25ClN2O. The van der Waals surface area contributed by atoms with Gasteiger partial charge in [0.2, 0.25) is 5.91 Å². The molecule has 3 nitrogen and oxygen atoms in total. The van der Waals surface area contributed by atoms with Crippen LogP contribution < -0.4 is 11.1 Å². The highest BCUT2D eigenvalue weighted by Crippen LogP contribution is 2.27. The van der Waals surface area contributed by atoms with Gasteiger partial charge in [-0.25, -0.2) is 0 Å². The van der Waals surface area contributed by atoms with Crippen molar-refractivity contribution < 1.29 is 4.79 Å². The second-order valence-electron chi connectivity index (χ2n) is 5.11. The summed E-state index contributed by atoms with van der Waals surface area (Å²) in [4.78, 5) is 11.7. The Morgan fingerprint density at radius 2 is 1.75 bits per heavy atom. The molecule has 16 heavy (non-hydrogen) atoms. The Hall–Kier alpha value is -0.280. The van der Waals surface area contributed by atoms with Crippen molar-refractivity contribution in [3.8, 4) is 0 Å². The number of carbonyl (C=O) groups is 1. The molecule has 0 aromatic carbocycles. The zero-order valence-electron chi connectivity index (χ0n) is 10.5. The number of hydrogen-bond acceptors (Lipinski definition) is 2. The third-order valence-corrected chi connectivity index (χ3v) is 3.50. The van der Waals surface area contributed by atoms with E-state index in [1.807, 2.05) is 13.8 Å². The van der Waals surface area contributed by atoms with Gasteiger partial charge < -0.3 is 11.1 Å². The van der Waals surface area contributed by atoms with Crippen LogP contribution in [-0.4, -0.2) is 18.0 Å². The van der Waals surface area contributed by atoms with Crippen LogP contribution in [0.1, 0.15) is 46.5 Å². The fourth-order valence-corrected chi connectivity index (χ4v) is 2.20. The van der Waals surface area contributed by atoms with Crippen LogP contribution in [0.15, 0.2) is 0 Å². The number of nitrogens with two attached hydrogens (primary N) is 1. The highest BCUT2D eigenvalue weighted by molar-refractivity contribution is 5.85. The second-order valence-corrected chi connectivity index (χ2v) is 5.11. The molecule has 1 aliphatic rings. The van der Waals surface area contributed by atoms with Crippen molar-refractivity contribution >= 4 is 18.3 Å². The van der Waals surface area contributed by atoms with Gasteiger partial charge in [-0.2, -0.15) is 0 Å². The van der Waals surface area contributed by atoms with Crippen molar-refractivity contribution in [1.29, 1.82) is 0 Å². The normalized spacial score (nSPS) is 20.3. The Morgan fingerprint density at radius 1 is 1.25 bits per heavy atom. The van der Waals surface area contributed by atoms with Crippen LogP contribution in [0.2, 0.25) is 0 Å². The molecule has 3 N–H and O–H groups in total. The summed E-state index contributed by atoms with van der Waals surface area (Å²) >= 11 is 0. The van der Waals surface area contributed by atoms with E-state index in [1.54, 1.807) is 0 Å². The highest BCUT2D eigenvalue weighted by atomic mass is 35.5. The number of rotatable bonds is 4. The topological polar surface area (TPSA) is 55.1 Å². The van der Waals surface area contributed by atoms with E-state index in [2.05, 4.69) is 12.2 Å². The van der Waals surface area contributed by atoms with Crippen LogP contribution in [0.4, 0.5) is 0 Å². The van der Waals surface area contributed by atoms with Crippen molar-refractivity contribution in [2.24, 2.45) is 17.6 Å². The largest absolute Gasteiger partial charge is 0.352 e. The summed E-state index contributed by atoms with van der Waals surface area (Å²) in [5, 5.41) is 3.04. The lowest BCUT2D eigenvalue weighted by atomic mass is 9.98. The molecule has 0 radical (unpaired) electrons. The SMILES string of the molecule is CC(C)C(N)C(=O)NC(C)C1CCCC1.Cl. The molecule has 0 saturated heterocycles. The summed E-state index contributed by atoms with van der Waals surface area (Å²) in [6, 6.07) is -0.0846. The molecule has 2 unspecified atom stereocenters. The quantitative estimate of drug-likeness (QED) is 0.801. The Labute approximate surface area is 105 Å². The van der Waals surface area contributed by atoms with Gasteiger partial charge in [0.1, 0.15) is 0 Å². The Balaban J connectivity index is 0.00000225. The molecule has 4 heteroatoms. The molecule has 0 aromatic rings. The molecule has 1 amide bonds. The number of amides is 1. The van der Waals surface area contributed by atoms with Crippen LogP contribution in [0.5, 0.6) is 0 Å². The molecule has 0 aliphatic heterocycles. The van der Waals surface area contributed by atoms with Crippen LogP contribution in [0, 0.1) is 11.8 Å². The minimum Gasteiger partial charge on any atom is -0.352 e. The van der Waals surface area contributed by atoms with Crippen LogP contribution in [0.25, 0.3) is 0 Å². The Bertz CT molecular complexity index is 215. The predicted octanol–water partition coefficient (Wildman–Crippen LogP) is 2.09. The lowest BCUT2D eigenvalue weighted by Gasteiger charge is -2.23. The molecule has 0 bridgehead atoms. The number of hydrogen-bond donors (Lipinski definition) is 2. The smallest absolute Gasteiger partial charge is 0.237 e. The third-order valence-electron chi connectivity index (χ3n) is 3.50. The van der Waals surface area contributed by atoms with E-state index >= 15 is 0 Å². The maximum absolute atomic E-state index is 11.7. The van der Waals surface area contributed by atoms with Gasteiger partial charge in [-0.3, -0.25) is 4.79 Å². The van der Waals surface area contributed by atoms with Gasteiger partial charge in [0.15, 0.2) is 0 Å². The van der Waals surface area contributed by atoms with Crippen LogP contribution >= 0.6 is 12.4 Å². The zero-order chi connectivity index (χ0) is 11.4. The van der Waals surface area contributed by atoms with Crippen molar-refractivity contribution in [3.63, 3.8) is 0 Å². The molecule has 1 aliphatic carbocycles. The predicted molar refractivity (Wildman–Crippen MR) is 69.6 cm³/mol. The van der Waals surface area contributed by atoms with Gasteiger partial charge in [-0.15, -0.1) is 12.4 Å². The Morgan fingerprint density at radius 3 is 2.19 bits per heavy atom. The molecule has 0 aromatic heterocycles. The molecule has 0 heterocycles. The number of nitrogens with one attached hydrogen (secondary N) is 1. The molecule has 1 rings (SSSR count). The maximum Gasteiger partial charge on any atom is 0.237 e. The van der Waals surface area contributed by atoms with Gasteiger partial charge >= 0.3 is 0 Å². The van der Waals surface area contributed by atoms with E-state index in [-0.39, 0.29) is 36.3 Å². The molecule has 0 spiro atoms. The van der Waals surface area contributed by atoms with E-state index < -0.39 is 0 Å². The molecule has 96 valence electrons. The lowest BCUT2D eigenvalue weighted by Crippen LogP contribution is -2.48. The van der Waals surface area contributed by atoms with Gasteiger partial charge in [0, 0.05) is 6.04 Å². The molecular weight excluding hydrogens is 224 g/mol. The fourth-order valence-electron chi connectivity index (χ4n) is 2.20. The first-order chi connectivity index (χ1) is 7.02. The standard InChI is InChI=1S/C12H24N2O.ClH/c1-8(2)11(13)12(15)14-9(3)10-6-4-5-7-10;/h8-11H,4-7,13H2,1-3H3,(H,14,15);1H. The maximum atomic E-state index is 11.7. The minimum absolute atomic E-state index is 0. The monoisotopic (exact) mass is 248 g/mol. The first-order valence-electron chi connectivity index (χ1n) is 6.08. The molecule has 1 saturated carbocycles. The first kappa shape index (κ1) is 15.7. The van der Waals surface area contributed by atoms with Crippen molar-refractivity contribution in [1.82, 2.24) is 5.32 Å². The molecule has 1 fully saturated rings. The van der Waals surface area contributed by atoms with E-state index in [9.17, 15) is 4.79 Å². The zero-order valence-corrected chi connectivity index (χ0v) is 11.3. The summed E-state index contributed by atoms with van der Waals surface area (Å²) in [6.45, 7) is 6.05. The number of halogens is 1. The summed E-state index contributed by atoms with van der Waals surface area (Å²) in [5.74, 6) is 0.874. The minimum atomic E-state index is -0.367. The average Bonchev–Trinajstić information content (AvgIpc) is 2.68. The second kappa shape index (κ2) is 7.13. The number of carbonyl (C=O) groups excluding carboxylic acids is 1. The van der Waals surface area contributed by atoms with Gasteiger partial charge in [0.05, 0.1) is 6.04 Å². The van der Waals surface area contributed by atoms with Crippen LogP contribution in [0.3, 0.4) is 0 Å². The van der Waals surface area contributed by atoms with Crippen molar-refractivity contribution in [3.05, 3.63) is 0 Å². The third kappa shape index (κ3) is 4.30. The van der Waals surface area contributed by atoms with Gasteiger partial charge in [-0.05, 0) is 31.6 Å². The highest BCUT2D eigenvalue weighted by Gasteiger charge is 2.25. The van der Waals surface area contributed by atoms with E-state index in [0.29, 0.717) is 5.92 Å². The first-order valence-corrected chi connectivity index (χ1v) is 6.08. The van der Waals surface area contributed by atoms with E-state index in [4.69, 9.17) is 5.73 Å². The molecule has 2 atom stereocenters. The van der Waals surface area contributed by atoms with Crippen molar-refractivity contribution in [2.45, 2.75) is 58.5 Å². The van der Waals surface area contributed by atoms with Crippen molar-refractivity contribution in [2.75, 3.05) is 0 Å². The lowest BCUT2D eigenvalue weighted by molar-refractivity contribution is -0.124. The van der Waals surface area contributed by atoms with E-state index in [0.717, 1.165) is 0 Å². The summed E-state index contributed by atoms with van der Waals surface area (Å²) < 4.78 is 0.